The maximum Gasteiger partial charge on any atom is 0.0491 e. The molecule has 3 heteroatoms. The van der Waals surface area contributed by atoms with Crippen molar-refractivity contribution < 1.29 is 4.74 Å². The van der Waals surface area contributed by atoms with E-state index < -0.39 is 0 Å². The number of hydrogen-bond donors (Lipinski definition) is 1. The lowest BCUT2D eigenvalue weighted by Gasteiger charge is -2.32. The predicted molar refractivity (Wildman–Crippen MR) is 83.3 cm³/mol. The summed E-state index contributed by atoms with van der Waals surface area (Å²) >= 11 is 0. The molecule has 1 saturated heterocycles. The number of nitrogens with one attached hydrogen (secondary N) is 1. The van der Waals surface area contributed by atoms with Crippen molar-refractivity contribution in [3.8, 4) is 0 Å². The molecule has 0 amide bonds. The SMILES string of the molecule is COCC1CCN(CCC2CNc3ccccc32)CC1. The zero-order valence-corrected chi connectivity index (χ0v) is 12.5. The fourth-order valence-corrected chi connectivity index (χ4v) is 3.57. The van der Waals surface area contributed by atoms with Crippen LogP contribution in [0.15, 0.2) is 24.3 Å². The Labute approximate surface area is 122 Å². The summed E-state index contributed by atoms with van der Waals surface area (Å²) in [5.74, 6) is 1.48. The monoisotopic (exact) mass is 274 g/mol. The van der Waals surface area contributed by atoms with Crippen LogP contribution in [0.4, 0.5) is 5.69 Å². The van der Waals surface area contributed by atoms with Crippen molar-refractivity contribution in [2.75, 3.05) is 45.2 Å². The highest BCUT2D eigenvalue weighted by Crippen LogP contribution is 2.33. The summed E-state index contributed by atoms with van der Waals surface area (Å²) in [6.07, 6.45) is 3.87. The lowest BCUT2D eigenvalue weighted by molar-refractivity contribution is 0.0984. The summed E-state index contributed by atoms with van der Waals surface area (Å²) in [5, 5.41) is 3.53. The lowest BCUT2D eigenvalue weighted by Crippen LogP contribution is -2.36. The smallest absolute Gasteiger partial charge is 0.0491 e. The number of methoxy groups -OCH3 is 1. The molecule has 20 heavy (non-hydrogen) atoms. The zero-order valence-electron chi connectivity index (χ0n) is 12.5. The second kappa shape index (κ2) is 6.59. The van der Waals surface area contributed by atoms with Gasteiger partial charge in [0.2, 0.25) is 0 Å². The maximum absolute atomic E-state index is 5.27. The second-order valence-corrected chi connectivity index (χ2v) is 6.19. The van der Waals surface area contributed by atoms with Crippen LogP contribution in [0.1, 0.15) is 30.7 Å². The minimum Gasteiger partial charge on any atom is -0.384 e. The molecule has 2 aliphatic heterocycles. The quantitative estimate of drug-likeness (QED) is 0.893. The molecule has 1 fully saturated rings. The van der Waals surface area contributed by atoms with Gasteiger partial charge in [0.05, 0.1) is 0 Å². The molecule has 2 aliphatic rings. The maximum atomic E-state index is 5.27. The summed E-state index contributed by atoms with van der Waals surface area (Å²) in [4.78, 5) is 2.63. The third-order valence-electron chi connectivity index (χ3n) is 4.84. The molecule has 1 aromatic carbocycles. The Morgan fingerprint density at radius 2 is 2.05 bits per heavy atom. The molecule has 2 heterocycles. The van der Waals surface area contributed by atoms with Crippen LogP contribution in [0.3, 0.4) is 0 Å². The van der Waals surface area contributed by atoms with Crippen LogP contribution in [-0.2, 0) is 4.74 Å². The Balaban J connectivity index is 1.45. The molecule has 0 aliphatic carbocycles. The summed E-state index contributed by atoms with van der Waals surface area (Å²) in [7, 11) is 1.82. The van der Waals surface area contributed by atoms with Gasteiger partial charge in [-0.2, -0.15) is 0 Å². The summed E-state index contributed by atoms with van der Waals surface area (Å²) < 4.78 is 5.27. The molecule has 1 N–H and O–H groups in total. The Hall–Kier alpha value is -1.06. The molecule has 0 aromatic heterocycles. The van der Waals surface area contributed by atoms with E-state index >= 15 is 0 Å². The highest BCUT2D eigenvalue weighted by Gasteiger charge is 2.24. The lowest BCUT2D eigenvalue weighted by atomic mass is 9.95. The number of para-hydroxylation sites is 1. The summed E-state index contributed by atoms with van der Waals surface area (Å²) in [5.41, 5.74) is 2.86. The van der Waals surface area contributed by atoms with Gasteiger partial charge < -0.3 is 15.0 Å². The second-order valence-electron chi connectivity index (χ2n) is 6.19. The van der Waals surface area contributed by atoms with Gasteiger partial charge in [-0.25, -0.2) is 0 Å². The summed E-state index contributed by atoms with van der Waals surface area (Å²) in [6.45, 7) is 5.78. The largest absolute Gasteiger partial charge is 0.384 e. The Morgan fingerprint density at radius 3 is 2.85 bits per heavy atom. The van der Waals surface area contributed by atoms with E-state index in [1.165, 1.54) is 50.1 Å². The minimum atomic E-state index is 0.697. The molecule has 0 radical (unpaired) electrons. The number of benzene rings is 1. The molecule has 0 saturated carbocycles. The van der Waals surface area contributed by atoms with Gasteiger partial charge in [-0.3, -0.25) is 0 Å². The van der Waals surface area contributed by atoms with Crippen LogP contribution < -0.4 is 5.32 Å². The summed E-state index contributed by atoms with van der Waals surface area (Å²) in [6, 6.07) is 8.76. The van der Waals surface area contributed by atoms with E-state index in [1.54, 1.807) is 0 Å². The number of rotatable bonds is 5. The van der Waals surface area contributed by atoms with Gasteiger partial charge in [0, 0.05) is 31.9 Å². The third kappa shape index (κ3) is 3.15. The number of anilines is 1. The Morgan fingerprint density at radius 1 is 1.25 bits per heavy atom. The van der Waals surface area contributed by atoms with Crippen molar-refractivity contribution in [1.82, 2.24) is 4.90 Å². The first-order valence-electron chi connectivity index (χ1n) is 7.91. The molecular weight excluding hydrogens is 248 g/mol. The van der Waals surface area contributed by atoms with Crippen LogP contribution in [0.25, 0.3) is 0 Å². The minimum absolute atomic E-state index is 0.697. The van der Waals surface area contributed by atoms with Gasteiger partial charge in [-0.05, 0) is 56.4 Å². The van der Waals surface area contributed by atoms with E-state index in [0.717, 1.165) is 19.1 Å². The first-order valence-corrected chi connectivity index (χ1v) is 7.91. The van der Waals surface area contributed by atoms with Gasteiger partial charge in [0.25, 0.3) is 0 Å². The van der Waals surface area contributed by atoms with E-state index in [1.807, 2.05) is 7.11 Å². The number of ether oxygens (including phenoxy) is 1. The first kappa shape index (κ1) is 13.9. The van der Waals surface area contributed by atoms with Crippen molar-refractivity contribution in [2.24, 2.45) is 5.92 Å². The van der Waals surface area contributed by atoms with Crippen LogP contribution in [0.5, 0.6) is 0 Å². The standard InChI is InChI=1S/C17H26N2O/c1-20-13-14-6-9-19(10-7-14)11-8-15-12-18-17-5-3-2-4-16(15)17/h2-5,14-15,18H,6-13H2,1H3. The van der Waals surface area contributed by atoms with E-state index in [9.17, 15) is 0 Å². The number of nitrogens with zero attached hydrogens (tertiary/aromatic N) is 1. The van der Waals surface area contributed by atoms with E-state index in [-0.39, 0.29) is 0 Å². The molecule has 3 rings (SSSR count). The van der Waals surface area contributed by atoms with Gasteiger partial charge in [-0.1, -0.05) is 18.2 Å². The molecule has 110 valence electrons. The van der Waals surface area contributed by atoms with E-state index in [4.69, 9.17) is 4.74 Å². The molecule has 1 atom stereocenters. The van der Waals surface area contributed by atoms with Crippen molar-refractivity contribution in [3.63, 3.8) is 0 Å². The Kier molecular flexibility index (Phi) is 4.58. The fourth-order valence-electron chi connectivity index (χ4n) is 3.57. The van der Waals surface area contributed by atoms with E-state index in [0.29, 0.717) is 5.92 Å². The number of piperidine rings is 1. The topological polar surface area (TPSA) is 24.5 Å². The number of hydrogen-bond acceptors (Lipinski definition) is 3. The van der Waals surface area contributed by atoms with Crippen LogP contribution >= 0.6 is 0 Å². The first-order chi connectivity index (χ1) is 9.86. The van der Waals surface area contributed by atoms with E-state index in [2.05, 4.69) is 34.5 Å². The van der Waals surface area contributed by atoms with Crippen LogP contribution in [-0.4, -0.2) is 44.8 Å². The number of likely N-dealkylation sites (tertiary alicyclic amines) is 1. The third-order valence-corrected chi connectivity index (χ3v) is 4.84. The zero-order chi connectivity index (χ0) is 13.8. The van der Waals surface area contributed by atoms with Crippen LogP contribution in [0.2, 0.25) is 0 Å². The average Bonchev–Trinajstić information content (AvgIpc) is 2.90. The highest BCUT2D eigenvalue weighted by molar-refractivity contribution is 5.57. The Bertz CT molecular complexity index is 427. The van der Waals surface area contributed by atoms with Gasteiger partial charge in [0.1, 0.15) is 0 Å². The molecular formula is C17H26N2O. The molecule has 0 spiro atoms. The van der Waals surface area contributed by atoms with Gasteiger partial charge in [0.15, 0.2) is 0 Å². The van der Waals surface area contributed by atoms with Crippen LogP contribution in [0, 0.1) is 5.92 Å². The van der Waals surface area contributed by atoms with Crippen molar-refractivity contribution in [2.45, 2.75) is 25.2 Å². The molecule has 0 bridgehead atoms. The van der Waals surface area contributed by atoms with Crippen molar-refractivity contribution in [3.05, 3.63) is 29.8 Å². The van der Waals surface area contributed by atoms with Gasteiger partial charge >= 0.3 is 0 Å². The predicted octanol–water partition coefficient (Wildman–Crippen LogP) is 2.94. The normalized spacial score (nSPS) is 23.6. The number of fused-ring (bicyclic) bond motifs is 1. The molecule has 3 nitrogen and oxygen atoms in total. The van der Waals surface area contributed by atoms with Gasteiger partial charge in [-0.15, -0.1) is 0 Å². The molecule has 1 unspecified atom stereocenters. The average molecular weight is 274 g/mol. The van der Waals surface area contributed by atoms with Crippen molar-refractivity contribution in [1.29, 1.82) is 0 Å². The van der Waals surface area contributed by atoms with Crippen molar-refractivity contribution >= 4 is 5.69 Å². The highest BCUT2D eigenvalue weighted by atomic mass is 16.5. The fraction of sp³-hybridized carbons (Fsp3) is 0.647. The molecule has 1 aromatic rings.